The first-order valence-corrected chi connectivity index (χ1v) is 8.68. The van der Waals surface area contributed by atoms with Gasteiger partial charge in [0.1, 0.15) is 0 Å². The summed E-state index contributed by atoms with van der Waals surface area (Å²) >= 11 is 0. The van der Waals surface area contributed by atoms with Gasteiger partial charge in [0.25, 0.3) is 0 Å². The first-order valence-electron chi connectivity index (χ1n) is 7.19. The highest BCUT2D eigenvalue weighted by atomic mass is 32.2. The molecule has 0 aliphatic carbocycles. The minimum atomic E-state index is -3.54. The van der Waals surface area contributed by atoms with Gasteiger partial charge in [0.15, 0.2) is 0 Å². The summed E-state index contributed by atoms with van der Waals surface area (Å²) in [5.74, 6) is 0.0934. The summed E-state index contributed by atoms with van der Waals surface area (Å²) in [7, 11) is -3.54. The molecule has 1 amide bonds. The van der Waals surface area contributed by atoms with Crippen molar-refractivity contribution in [3.05, 3.63) is 24.3 Å². The Morgan fingerprint density at radius 1 is 1.24 bits per heavy atom. The van der Waals surface area contributed by atoms with Crippen LogP contribution >= 0.6 is 0 Å². The maximum Gasteiger partial charge on any atom is 0.241 e. The summed E-state index contributed by atoms with van der Waals surface area (Å²) in [5, 5.41) is 0. The Bertz CT molecular complexity index is 621. The van der Waals surface area contributed by atoms with E-state index in [9.17, 15) is 13.2 Å². The van der Waals surface area contributed by atoms with Gasteiger partial charge in [0.2, 0.25) is 15.9 Å². The van der Waals surface area contributed by atoms with Gasteiger partial charge in [-0.15, -0.1) is 0 Å². The molecule has 0 unspecified atom stereocenters. The molecule has 1 heterocycles. The van der Waals surface area contributed by atoms with E-state index < -0.39 is 15.6 Å². The molecule has 1 fully saturated rings. The van der Waals surface area contributed by atoms with Crippen LogP contribution in [-0.4, -0.2) is 26.4 Å². The van der Waals surface area contributed by atoms with Crippen LogP contribution in [0.3, 0.4) is 0 Å². The molecule has 1 aromatic carbocycles. The summed E-state index contributed by atoms with van der Waals surface area (Å²) in [5.41, 5.74) is 0.272. The molecule has 1 aliphatic rings. The van der Waals surface area contributed by atoms with E-state index in [1.165, 1.54) is 0 Å². The van der Waals surface area contributed by atoms with Crippen LogP contribution in [0.5, 0.6) is 0 Å². The van der Waals surface area contributed by atoms with Crippen molar-refractivity contribution in [2.75, 3.05) is 11.4 Å². The zero-order valence-electron chi connectivity index (χ0n) is 12.7. The Kier molecular flexibility index (Phi) is 4.39. The predicted octanol–water partition coefficient (Wildman–Crippen LogP) is 2.28. The second kappa shape index (κ2) is 5.77. The fourth-order valence-corrected chi connectivity index (χ4v) is 3.71. The average Bonchev–Trinajstić information content (AvgIpc) is 2.84. The van der Waals surface area contributed by atoms with Gasteiger partial charge in [-0.25, -0.2) is 13.1 Å². The lowest BCUT2D eigenvalue weighted by molar-refractivity contribution is -0.117. The third-order valence-electron chi connectivity index (χ3n) is 3.83. The molecule has 1 aliphatic heterocycles. The summed E-state index contributed by atoms with van der Waals surface area (Å²) in [6.45, 7) is 6.33. The monoisotopic (exact) mass is 310 g/mol. The molecule has 0 spiro atoms. The second-order valence-corrected chi connectivity index (χ2v) is 7.67. The van der Waals surface area contributed by atoms with Gasteiger partial charge in [-0.3, -0.25) is 4.79 Å². The summed E-state index contributed by atoms with van der Waals surface area (Å²) in [6, 6.07) is 6.48. The zero-order chi connectivity index (χ0) is 15.7. The molecule has 21 heavy (non-hydrogen) atoms. The molecule has 1 N–H and O–H groups in total. The second-order valence-electron chi connectivity index (χ2n) is 5.99. The molecule has 0 radical (unpaired) electrons. The number of nitrogens with one attached hydrogen (secondary N) is 1. The summed E-state index contributed by atoms with van der Waals surface area (Å²) < 4.78 is 27.3. The number of sulfonamides is 1. The molecule has 0 bridgehead atoms. The van der Waals surface area contributed by atoms with Crippen molar-refractivity contribution in [2.24, 2.45) is 0 Å². The highest BCUT2D eigenvalue weighted by molar-refractivity contribution is 7.89. The van der Waals surface area contributed by atoms with Crippen LogP contribution in [0.4, 0.5) is 5.69 Å². The van der Waals surface area contributed by atoms with Crippen LogP contribution in [0, 0.1) is 0 Å². The SMILES string of the molecule is CCC(C)(C)NS(=O)(=O)c1ccc(N2CCCC2=O)cc1. The Hall–Kier alpha value is -1.40. The zero-order valence-corrected chi connectivity index (χ0v) is 13.5. The number of benzene rings is 1. The number of nitrogens with zero attached hydrogens (tertiary/aromatic N) is 1. The molecule has 2 rings (SSSR count). The van der Waals surface area contributed by atoms with Gasteiger partial charge in [-0.05, 0) is 51.0 Å². The van der Waals surface area contributed by atoms with Crippen molar-refractivity contribution >= 4 is 21.6 Å². The first kappa shape index (κ1) is 16.0. The quantitative estimate of drug-likeness (QED) is 0.907. The maximum absolute atomic E-state index is 12.3. The number of hydrogen-bond donors (Lipinski definition) is 1. The number of hydrogen-bond acceptors (Lipinski definition) is 3. The van der Waals surface area contributed by atoms with Crippen molar-refractivity contribution < 1.29 is 13.2 Å². The first-order chi connectivity index (χ1) is 9.75. The van der Waals surface area contributed by atoms with Gasteiger partial charge in [-0.1, -0.05) is 6.92 Å². The Morgan fingerprint density at radius 3 is 2.33 bits per heavy atom. The van der Waals surface area contributed by atoms with Crippen LogP contribution < -0.4 is 9.62 Å². The molecule has 0 saturated carbocycles. The number of carbonyl (C=O) groups excluding carboxylic acids is 1. The minimum Gasteiger partial charge on any atom is -0.312 e. The van der Waals surface area contributed by atoms with Crippen molar-refractivity contribution in [2.45, 2.75) is 50.5 Å². The van der Waals surface area contributed by atoms with Crippen molar-refractivity contribution in [3.8, 4) is 0 Å². The Balaban J connectivity index is 2.20. The lowest BCUT2D eigenvalue weighted by atomic mass is 10.0. The molecular formula is C15H22N2O3S. The number of rotatable bonds is 5. The Morgan fingerprint density at radius 2 is 1.86 bits per heavy atom. The van der Waals surface area contributed by atoms with Crippen LogP contribution in [0.25, 0.3) is 0 Å². The minimum absolute atomic E-state index is 0.0934. The van der Waals surface area contributed by atoms with E-state index >= 15 is 0 Å². The lowest BCUT2D eigenvalue weighted by Gasteiger charge is -2.24. The number of amides is 1. The predicted molar refractivity (Wildman–Crippen MR) is 82.7 cm³/mol. The Labute approximate surface area is 126 Å². The molecule has 6 heteroatoms. The van der Waals surface area contributed by atoms with Gasteiger partial charge < -0.3 is 4.90 Å². The third-order valence-corrected chi connectivity index (χ3v) is 5.54. The van der Waals surface area contributed by atoms with Gasteiger partial charge in [-0.2, -0.15) is 0 Å². The summed E-state index contributed by atoms with van der Waals surface area (Å²) in [6.07, 6.45) is 2.12. The molecule has 5 nitrogen and oxygen atoms in total. The molecule has 0 aromatic heterocycles. The van der Waals surface area contributed by atoms with Crippen LogP contribution in [0.15, 0.2) is 29.2 Å². The van der Waals surface area contributed by atoms with E-state index in [-0.39, 0.29) is 10.8 Å². The van der Waals surface area contributed by atoms with E-state index in [0.29, 0.717) is 19.4 Å². The van der Waals surface area contributed by atoms with Crippen molar-refractivity contribution in [3.63, 3.8) is 0 Å². The van der Waals surface area contributed by atoms with E-state index in [2.05, 4.69) is 4.72 Å². The normalized spacial score (nSPS) is 16.5. The third kappa shape index (κ3) is 3.63. The van der Waals surface area contributed by atoms with Crippen LogP contribution in [0.1, 0.15) is 40.0 Å². The van der Waals surface area contributed by atoms with Crippen LogP contribution in [0.2, 0.25) is 0 Å². The van der Waals surface area contributed by atoms with Crippen molar-refractivity contribution in [1.29, 1.82) is 0 Å². The average molecular weight is 310 g/mol. The highest BCUT2D eigenvalue weighted by Crippen LogP contribution is 2.23. The number of anilines is 1. The van der Waals surface area contributed by atoms with Gasteiger partial charge >= 0.3 is 0 Å². The molecule has 116 valence electrons. The fourth-order valence-electron chi connectivity index (χ4n) is 2.22. The highest BCUT2D eigenvalue weighted by Gasteiger charge is 2.25. The van der Waals surface area contributed by atoms with Gasteiger partial charge in [0, 0.05) is 24.2 Å². The molecule has 0 atom stereocenters. The van der Waals surface area contributed by atoms with E-state index in [4.69, 9.17) is 0 Å². The molecule has 1 saturated heterocycles. The maximum atomic E-state index is 12.3. The van der Waals surface area contributed by atoms with E-state index in [0.717, 1.165) is 12.1 Å². The number of carbonyl (C=O) groups is 1. The van der Waals surface area contributed by atoms with E-state index in [1.807, 2.05) is 20.8 Å². The smallest absolute Gasteiger partial charge is 0.241 e. The standard InChI is InChI=1S/C15H22N2O3S/c1-4-15(2,3)16-21(19,20)13-9-7-12(8-10-13)17-11-5-6-14(17)18/h7-10,16H,4-6,11H2,1-3H3. The summed E-state index contributed by atoms with van der Waals surface area (Å²) in [4.78, 5) is 13.6. The largest absolute Gasteiger partial charge is 0.312 e. The fraction of sp³-hybridized carbons (Fsp3) is 0.533. The molecular weight excluding hydrogens is 288 g/mol. The van der Waals surface area contributed by atoms with Crippen molar-refractivity contribution in [1.82, 2.24) is 4.72 Å². The van der Waals surface area contributed by atoms with Gasteiger partial charge in [0.05, 0.1) is 4.90 Å². The molecule has 1 aromatic rings. The van der Waals surface area contributed by atoms with Crippen LogP contribution in [-0.2, 0) is 14.8 Å². The van der Waals surface area contributed by atoms with E-state index in [1.54, 1.807) is 29.2 Å². The lowest BCUT2D eigenvalue weighted by Crippen LogP contribution is -2.42. The topological polar surface area (TPSA) is 66.5 Å².